The minimum Gasteiger partial charge on any atom is -0.355 e. The Morgan fingerprint density at radius 2 is 2.17 bits per heavy atom. The minimum atomic E-state index is 0.295. The summed E-state index contributed by atoms with van der Waals surface area (Å²) < 4.78 is 0. The van der Waals surface area contributed by atoms with Crippen LogP contribution >= 0.6 is 11.3 Å². The molecule has 1 aliphatic rings. The largest absolute Gasteiger partial charge is 0.355 e. The van der Waals surface area contributed by atoms with Gasteiger partial charge in [-0.3, -0.25) is 4.98 Å². The molecule has 0 bridgehead atoms. The molecule has 1 atom stereocenters. The summed E-state index contributed by atoms with van der Waals surface area (Å²) in [5, 5.41) is 6.03. The third-order valence-electron chi connectivity index (χ3n) is 3.97. The van der Waals surface area contributed by atoms with Crippen molar-refractivity contribution in [2.75, 3.05) is 23.3 Å². The van der Waals surface area contributed by atoms with Gasteiger partial charge in [-0.2, -0.15) is 0 Å². The third-order valence-corrected chi connectivity index (χ3v) is 4.65. The van der Waals surface area contributed by atoms with Crippen molar-refractivity contribution in [1.29, 1.82) is 0 Å². The molecule has 1 N–H and O–H groups in total. The molecule has 122 valence electrons. The smallest absolute Gasteiger partial charge is 0.188 e. The molecule has 3 aromatic rings. The molecule has 3 aromatic heterocycles. The number of hydrogen-bond acceptors (Lipinski definition) is 8. The lowest BCUT2D eigenvalue weighted by molar-refractivity contribution is 0.705. The first-order chi connectivity index (χ1) is 11.8. The third kappa shape index (κ3) is 3.18. The van der Waals surface area contributed by atoms with Crippen molar-refractivity contribution in [3.05, 3.63) is 47.8 Å². The first-order valence-electron chi connectivity index (χ1n) is 7.81. The van der Waals surface area contributed by atoms with Gasteiger partial charge in [-0.05, 0) is 13.3 Å². The summed E-state index contributed by atoms with van der Waals surface area (Å²) in [6.07, 6.45) is 8.00. The number of hydrogen-bond donors (Lipinski definition) is 1. The molecule has 1 saturated heterocycles. The molecule has 1 unspecified atom stereocenters. The van der Waals surface area contributed by atoms with E-state index < -0.39 is 0 Å². The second kappa shape index (κ2) is 6.48. The molecular weight excluding hydrogens is 322 g/mol. The van der Waals surface area contributed by atoms with Crippen LogP contribution in [0.25, 0.3) is 0 Å². The Morgan fingerprint density at radius 1 is 1.21 bits per heavy atom. The number of thiazole rings is 1. The standard InChI is InChI=1S/C16H17N7S/c1-11-8-13(22-16-19-5-7-24-16)21-15(20-11)12-2-6-23(10-12)14-9-17-3-4-18-14/h3-5,7-9,12H,2,6,10H2,1H3,(H,19,20,21,22). The van der Waals surface area contributed by atoms with Crippen molar-refractivity contribution in [1.82, 2.24) is 24.9 Å². The van der Waals surface area contributed by atoms with E-state index in [1.54, 1.807) is 36.1 Å². The van der Waals surface area contributed by atoms with Crippen LogP contribution in [0.5, 0.6) is 0 Å². The van der Waals surface area contributed by atoms with Gasteiger partial charge in [0, 0.05) is 54.7 Å². The topological polar surface area (TPSA) is 79.7 Å². The molecule has 7 nitrogen and oxygen atoms in total. The van der Waals surface area contributed by atoms with Gasteiger partial charge in [0.2, 0.25) is 0 Å². The Balaban J connectivity index is 1.53. The zero-order valence-corrected chi connectivity index (χ0v) is 14.1. The fourth-order valence-electron chi connectivity index (χ4n) is 2.87. The first-order valence-corrected chi connectivity index (χ1v) is 8.69. The highest BCUT2D eigenvalue weighted by Crippen LogP contribution is 2.29. The lowest BCUT2D eigenvalue weighted by Crippen LogP contribution is -2.21. The minimum absolute atomic E-state index is 0.295. The van der Waals surface area contributed by atoms with Crippen LogP contribution in [0.2, 0.25) is 0 Å². The van der Waals surface area contributed by atoms with E-state index in [1.807, 2.05) is 18.4 Å². The summed E-state index contributed by atoms with van der Waals surface area (Å²) in [6, 6.07) is 1.94. The van der Waals surface area contributed by atoms with Crippen LogP contribution in [0.1, 0.15) is 23.9 Å². The molecule has 0 spiro atoms. The van der Waals surface area contributed by atoms with Crippen molar-refractivity contribution in [2.45, 2.75) is 19.3 Å². The fraction of sp³-hybridized carbons (Fsp3) is 0.312. The fourth-order valence-corrected chi connectivity index (χ4v) is 3.40. The first kappa shape index (κ1) is 14.9. The number of aromatic nitrogens is 5. The lowest BCUT2D eigenvalue weighted by Gasteiger charge is -2.16. The zero-order valence-electron chi connectivity index (χ0n) is 13.3. The summed E-state index contributed by atoms with van der Waals surface area (Å²) in [7, 11) is 0. The Bertz CT molecular complexity index is 807. The summed E-state index contributed by atoms with van der Waals surface area (Å²) >= 11 is 1.55. The molecule has 1 fully saturated rings. The number of anilines is 3. The number of rotatable bonds is 4. The van der Waals surface area contributed by atoms with E-state index in [4.69, 9.17) is 4.98 Å². The molecule has 0 aliphatic carbocycles. The van der Waals surface area contributed by atoms with E-state index >= 15 is 0 Å². The lowest BCUT2D eigenvalue weighted by atomic mass is 10.1. The monoisotopic (exact) mass is 339 g/mol. The summed E-state index contributed by atoms with van der Waals surface area (Å²) in [6.45, 7) is 3.79. The van der Waals surface area contributed by atoms with Crippen LogP contribution in [0.15, 0.2) is 36.2 Å². The van der Waals surface area contributed by atoms with Crippen LogP contribution in [-0.4, -0.2) is 38.0 Å². The Hall–Kier alpha value is -2.61. The molecule has 4 heterocycles. The molecule has 4 rings (SSSR count). The number of nitrogens with zero attached hydrogens (tertiary/aromatic N) is 6. The second-order valence-electron chi connectivity index (χ2n) is 5.71. The second-order valence-corrected chi connectivity index (χ2v) is 6.60. The van der Waals surface area contributed by atoms with E-state index in [9.17, 15) is 0 Å². The Morgan fingerprint density at radius 3 is 2.96 bits per heavy atom. The Kier molecular flexibility index (Phi) is 4.04. The van der Waals surface area contributed by atoms with Crippen molar-refractivity contribution in [2.24, 2.45) is 0 Å². The summed E-state index contributed by atoms with van der Waals surface area (Å²) in [5.41, 5.74) is 0.956. The van der Waals surface area contributed by atoms with E-state index in [-0.39, 0.29) is 0 Å². The van der Waals surface area contributed by atoms with Crippen molar-refractivity contribution in [3.63, 3.8) is 0 Å². The van der Waals surface area contributed by atoms with Crippen molar-refractivity contribution < 1.29 is 0 Å². The van der Waals surface area contributed by atoms with Gasteiger partial charge in [-0.25, -0.2) is 19.9 Å². The van der Waals surface area contributed by atoms with Gasteiger partial charge in [0.25, 0.3) is 0 Å². The highest BCUT2D eigenvalue weighted by atomic mass is 32.1. The summed E-state index contributed by atoms with van der Waals surface area (Å²) in [4.78, 5) is 24.3. The van der Waals surface area contributed by atoms with Crippen LogP contribution in [-0.2, 0) is 0 Å². The van der Waals surface area contributed by atoms with E-state index in [0.717, 1.165) is 47.8 Å². The Labute approximate surface area is 143 Å². The maximum atomic E-state index is 4.70. The molecule has 0 saturated carbocycles. The molecule has 1 aliphatic heterocycles. The van der Waals surface area contributed by atoms with Gasteiger partial charge in [0.05, 0.1) is 6.20 Å². The van der Waals surface area contributed by atoms with Gasteiger partial charge < -0.3 is 10.2 Å². The maximum absolute atomic E-state index is 4.70. The van der Waals surface area contributed by atoms with Gasteiger partial charge in [0.1, 0.15) is 17.5 Å². The van der Waals surface area contributed by atoms with Gasteiger partial charge in [-0.15, -0.1) is 11.3 Å². The molecular formula is C16H17N7S. The van der Waals surface area contributed by atoms with Crippen LogP contribution < -0.4 is 10.2 Å². The molecule has 0 aromatic carbocycles. The van der Waals surface area contributed by atoms with Crippen LogP contribution in [0, 0.1) is 6.92 Å². The maximum Gasteiger partial charge on any atom is 0.188 e. The van der Waals surface area contributed by atoms with E-state index in [0.29, 0.717) is 5.92 Å². The quantitative estimate of drug-likeness (QED) is 0.783. The highest BCUT2D eigenvalue weighted by molar-refractivity contribution is 7.13. The van der Waals surface area contributed by atoms with Gasteiger partial charge >= 0.3 is 0 Å². The zero-order chi connectivity index (χ0) is 16.4. The van der Waals surface area contributed by atoms with E-state index in [2.05, 4.69) is 30.2 Å². The average Bonchev–Trinajstić information content (AvgIpc) is 3.27. The number of aryl methyl sites for hydroxylation is 1. The van der Waals surface area contributed by atoms with Crippen LogP contribution in [0.4, 0.5) is 16.8 Å². The predicted molar refractivity (Wildman–Crippen MR) is 93.8 cm³/mol. The number of nitrogens with one attached hydrogen (secondary N) is 1. The molecule has 24 heavy (non-hydrogen) atoms. The predicted octanol–water partition coefficient (Wildman–Crippen LogP) is 2.77. The van der Waals surface area contributed by atoms with Crippen molar-refractivity contribution >= 4 is 28.1 Å². The molecule has 0 radical (unpaired) electrons. The molecule has 8 heteroatoms. The normalized spacial score (nSPS) is 17.2. The van der Waals surface area contributed by atoms with Gasteiger partial charge in [0.15, 0.2) is 5.13 Å². The van der Waals surface area contributed by atoms with Crippen molar-refractivity contribution in [3.8, 4) is 0 Å². The average molecular weight is 339 g/mol. The van der Waals surface area contributed by atoms with Gasteiger partial charge in [-0.1, -0.05) is 0 Å². The highest BCUT2D eigenvalue weighted by Gasteiger charge is 2.27. The SMILES string of the molecule is Cc1cc(Nc2nccs2)nc(C2CCN(c3cnccn3)C2)n1. The summed E-state index contributed by atoms with van der Waals surface area (Å²) in [5.74, 6) is 2.88. The molecule has 0 amide bonds. The van der Waals surface area contributed by atoms with E-state index in [1.165, 1.54) is 0 Å². The van der Waals surface area contributed by atoms with Crippen LogP contribution in [0.3, 0.4) is 0 Å².